The summed E-state index contributed by atoms with van der Waals surface area (Å²) in [6.07, 6.45) is 1.88. The number of hydrogen-bond acceptors (Lipinski definition) is 3. The van der Waals surface area contributed by atoms with Gasteiger partial charge >= 0.3 is 6.03 Å². The van der Waals surface area contributed by atoms with E-state index in [0.29, 0.717) is 24.1 Å². The average molecular weight is 383 g/mol. The SMILES string of the molecule is CCCC[C@]1(c2ccc(F)cc2)NC(=O)N(CC(=O)Nc2ccccc2)C1=O. The molecule has 28 heavy (non-hydrogen) atoms. The lowest BCUT2D eigenvalue weighted by molar-refractivity contribution is -0.134. The number of carbonyl (C=O) groups is 3. The molecule has 1 atom stereocenters. The predicted octanol–water partition coefficient (Wildman–Crippen LogP) is 3.40. The summed E-state index contributed by atoms with van der Waals surface area (Å²) in [6, 6.07) is 13.7. The molecule has 0 bridgehead atoms. The fourth-order valence-electron chi connectivity index (χ4n) is 3.32. The molecular formula is C21H22FN3O3. The number of hydrogen-bond donors (Lipinski definition) is 2. The molecule has 0 unspecified atom stereocenters. The summed E-state index contributed by atoms with van der Waals surface area (Å²) in [5.74, 6) is -1.40. The van der Waals surface area contributed by atoms with Gasteiger partial charge in [-0.3, -0.25) is 14.5 Å². The Morgan fingerprint density at radius 1 is 1.11 bits per heavy atom. The molecule has 4 amide bonds. The van der Waals surface area contributed by atoms with Crippen LogP contribution in [-0.2, 0) is 15.1 Å². The molecule has 1 heterocycles. The van der Waals surface area contributed by atoms with Crippen LogP contribution in [0.2, 0.25) is 0 Å². The van der Waals surface area contributed by atoms with Gasteiger partial charge in [-0.15, -0.1) is 0 Å². The zero-order chi connectivity index (χ0) is 20.1. The van der Waals surface area contributed by atoms with Gasteiger partial charge in [-0.1, -0.05) is 50.1 Å². The minimum Gasteiger partial charge on any atom is -0.325 e. The summed E-state index contributed by atoms with van der Waals surface area (Å²) >= 11 is 0. The van der Waals surface area contributed by atoms with Crippen LogP contribution < -0.4 is 10.6 Å². The number of nitrogens with one attached hydrogen (secondary N) is 2. The van der Waals surface area contributed by atoms with E-state index in [1.54, 1.807) is 24.3 Å². The molecule has 1 fully saturated rings. The molecule has 7 heteroatoms. The minimum atomic E-state index is -1.28. The van der Waals surface area contributed by atoms with Crippen LogP contribution in [0.5, 0.6) is 0 Å². The fourth-order valence-corrected chi connectivity index (χ4v) is 3.32. The Hall–Kier alpha value is -3.22. The quantitative estimate of drug-likeness (QED) is 0.720. The summed E-state index contributed by atoms with van der Waals surface area (Å²) in [6.45, 7) is 1.58. The number of amides is 4. The number of halogens is 1. The Kier molecular flexibility index (Phi) is 5.73. The third-order valence-electron chi connectivity index (χ3n) is 4.78. The molecule has 0 spiro atoms. The number of nitrogens with zero attached hydrogens (tertiary/aromatic N) is 1. The van der Waals surface area contributed by atoms with E-state index in [0.717, 1.165) is 11.3 Å². The highest BCUT2D eigenvalue weighted by Crippen LogP contribution is 2.34. The van der Waals surface area contributed by atoms with E-state index < -0.39 is 35.7 Å². The lowest BCUT2D eigenvalue weighted by Crippen LogP contribution is -2.44. The zero-order valence-electron chi connectivity index (χ0n) is 15.6. The van der Waals surface area contributed by atoms with Gasteiger partial charge in [0, 0.05) is 5.69 Å². The van der Waals surface area contributed by atoms with Gasteiger partial charge in [0.15, 0.2) is 0 Å². The summed E-state index contributed by atoms with van der Waals surface area (Å²) in [5.41, 5.74) is -0.199. The third-order valence-corrected chi connectivity index (χ3v) is 4.78. The number of imide groups is 1. The number of anilines is 1. The molecule has 1 saturated heterocycles. The first-order valence-corrected chi connectivity index (χ1v) is 9.21. The Morgan fingerprint density at radius 3 is 2.43 bits per heavy atom. The standard InChI is InChI=1S/C21H22FN3O3/c1-2-3-13-21(15-9-11-16(22)12-10-15)19(27)25(20(28)24-21)14-18(26)23-17-7-5-4-6-8-17/h4-12H,2-3,13-14H2,1H3,(H,23,26)(H,24,28)/t21-/m1/s1. The Morgan fingerprint density at radius 2 is 1.79 bits per heavy atom. The molecule has 6 nitrogen and oxygen atoms in total. The van der Waals surface area contributed by atoms with Crippen LogP contribution in [0.25, 0.3) is 0 Å². The lowest BCUT2D eigenvalue weighted by atomic mass is 9.85. The minimum absolute atomic E-state index is 0.372. The van der Waals surface area contributed by atoms with Crippen molar-refractivity contribution in [3.63, 3.8) is 0 Å². The highest BCUT2D eigenvalue weighted by Gasteiger charge is 2.52. The highest BCUT2D eigenvalue weighted by atomic mass is 19.1. The van der Waals surface area contributed by atoms with Crippen molar-refractivity contribution in [2.45, 2.75) is 31.7 Å². The van der Waals surface area contributed by atoms with Gasteiger partial charge in [-0.25, -0.2) is 9.18 Å². The Balaban J connectivity index is 1.82. The van der Waals surface area contributed by atoms with E-state index in [-0.39, 0.29) is 0 Å². The zero-order valence-corrected chi connectivity index (χ0v) is 15.6. The maximum atomic E-state index is 13.3. The second kappa shape index (κ2) is 8.21. The third kappa shape index (κ3) is 3.88. The highest BCUT2D eigenvalue weighted by molar-refractivity contribution is 6.10. The largest absolute Gasteiger partial charge is 0.325 e. The van der Waals surface area contributed by atoms with E-state index in [1.165, 1.54) is 24.3 Å². The number of urea groups is 1. The van der Waals surface area contributed by atoms with Gasteiger partial charge in [0.05, 0.1) is 0 Å². The first-order chi connectivity index (χ1) is 13.5. The van der Waals surface area contributed by atoms with Crippen molar-refractivity contribution in [3.05, 3.63) is 66.0 Å². The van der Waals surface area contributed by atoms with E-state index in [1.807, 2.05) is 13.0 Å². The molecule has 0 saturated carbocycles. The van der Waals surface area contributed by atoms with Crippen LogP contribution in [0.3, 0.4) is 0 Å². The number of para-hydroxylation sites is 1. The van der Waals surface area contributed by atoms with Crippen LogP contribution in [0.4, 0.5) is 14.9 Å². The van der Waals surface area contributed by atoms with Crippen LogP contribution in [0, 0.1) is 5.82 Å². The molecule has 0 aliphatic carbocycles. The van der Waals surface area contributed by atoms with Crippen LogP contribution in [0.1, 0.15) is 31.7 Å². The van der Waals surface area contributed by atoms with E-state index in [2.05, 4.69) is 10.6 Å². The van der Waals surface area contributed by atoms with Crippen molar-refractivity contribution in [2.24, 2.45) is 0 Å². The molecule has 1 aliphatic rings. The van der Waals surface area contributed by atoms with Gasteiger partial charge in [0.25, 0.3) is 5.91 Å². The van der Waals surface area contributed by atoms with Crippen molar-refractivity contribution < 1.29 is 18.8 Å². The van der Waals surface area contributed by atoms with Crippen molar-refractivity contribution in [1.82, 2.24) is 10.2 Å². The second-order valence-electron chi connectivity index (χ2n) is 6.75. The normalized spacial score (nSPS) is 18.9. The summed E-state index contributed by atoms with van der Waals surface area (Å²) in [7, 11) is 0. The fraction of sp³-hybridized carbons (Fsp3) is 0.286. The molecule has 1 aliphatic heterocycles. The first kappa shape index (κ1) is 19.5. The molecule has 146 valence electrons. The Bertz CT molecular complexity index is 870. The molecule has 3 rings (SSSR count). The number of carbonyl (C=O) groups excluding carboxylic acids is 3. The van der Waals surface area contributed by atoms with Crippen molar-refractivity contribution in [3.8, 4) is 0 Å². The van der Waals surface area contributed by atoms with Gasteiger partial charge in [0.1, 0.15) is 17.9 Å². The number of unbranched alkanes of at least 4 members (excludes halogenated alkanes) is 1. The smallest absolute Gasteiger partial charge is 0.325 e. The van der Waals surface area contributed by atoms with E-state index in [4.69, 9.17) is 0 Å². The maximum absolute atomic E-state index is 13.3. The summed E-state index contributed by atoms with van der Waals surface area (Å²) in [4.78, 5) is 39.0. The van der Waals surface area contributed by atoms with Crippen LogP contribution >= 0.6 is 0 Å². The maximum Gasteiger partial charge on any atom is 0.325 e. The molecular weight excluding hydrogens is 361 g/mol. The second-order valence-corrected chi connectivity index (χ2v) is 6.75. The van der Waals surface area contributed by atoms with Crippen LogP contribution in [-0.4, -0.2) is 29.3 Å². The molecule has 0 aromatic heterocycles. The first-order valence-electron chi connectivity index (χ1n) is 9.21. The molecule has 2 N–H and O–H groups in total. The number of benzene rings is 2. The summed E-state index contributed by atoms with van der Waals surface area (Å²) in [5, 5.41) is 5.41. The molecule has 0 radical (unpaired) electrons. The van der Waals surface area contributed by atoms with Gasteiger partial charge in [0.2, 0.25) is 5.91 Å². The summed E-state index contributed by atoms with van der Waals surface area (Å²) < 4.78 is 13.3. The van der Waals surface area contributed by atoms with Gasteiger partial charge in [-0.2, -0.15) is 0 Å². The van der Waals surface area contributed by atoms with Gasteiger partial charge in [-0.05, 0) is 36.2 Å². The molecule has 2 aromatic rings. The van der Waals surface area contributed by atoms with Crippen LogP contribution in [0.15, 0.2) is 54.6 Å². The number of rotatable bonds is 7. The van der Waals surface area contributed by atoms with Crippen molar-refractivity contribution in [2.75, 3.05) is 11.9 Å². The Labute approximate surface area is 162 Å². The van der Waals surface area contributed by atoms with Crippen molar-refractivity contribution in [1.29, 1.82) is 0 Å². The van der Waals surface area contributed by atoms with Gasteiger partial charge < -0.3 is 10.6 Å². The topological polar surface area (TPSA) is 78.5 Å². The van der Waals surface area contributed by atoms with E-state index in [9.17, 15) is 18.8 Å². The predicted molar refractivity (Wildman–Crippen MR) is 103 cm³/mol. The molecule has 2 aromatic carbocycles. The van der Waals surface area contributed by atoms with E-state index >= 15 is 0 Å². The lowest BCUT2D eigenvalue weighted by Gasteiger charge is -2.27. The average Bonchev–Trinajstić information content (AvgIpc) is 2.93. The van der Waals surface area contributed by atoms with Crippen molar-refractivity contribution >= 4 is 23.5 Å². The monoisotopic (exact) mass is 383 g/mol.